The summed E-state index contributed by atoms with van der Waals surface area (Å²) in [6, 6.07) is 0.294. The molecule has 0 aromatic carbocycles. The molecule has 1 unspecified atom stereocenters. The molecule has 2 rings (SSSR count). The lowest BCUT2D eigenvalue weighted by Gasteiger charge is -2.37. The van der Waals surface area contributed by atoms with Crippen molar-refractivity contribution in [3.63, 3.8) is 0 Å². The number of ether oxygens (including phenoxy) is 1. The minimum absolute atomic E-state index is 0.294. The number of hydrogen-bond acceptors (Lipinski definition) is 3. The lowest BCUT2D eigenvalue weighted by Crippen LogP contribution is -2.35. The van der Waals surface area contributed by atoms with E-state index in [0.29, 0.717) is 12.1 Å². The number of aryl methyl sites for hydroxylation is 1. The molecule has 0 aliphatic heterocycles. The first-order valence-electron chi connectivity index (χ1n) is 7.68. The Morgan fingerprint density at radius 3 is 2.80 bits per heavy atom. The molecule has 1 aliphatic carbocycles. The lowest BCUT2D eigenvalue weighted by atomic mass is 9.77. The highest BCUT2D eigenvalue weighted by Gasteiger charge is 2.33. The van der Waals surface area contributed by atoms with Crippen LogP contribution in [0.15, 0.2) is 6.20 Å². The van der Waals surface area contributed by atoms with E-state index in [2.05, 4.69) is 24.3 Å². The van der Waals surface area contributed by atoms with Gasteiger partial charge in [0, 0.05) is 13.7 Å². The van der Waals surface area contributed by atoms with Crippen molar-refractivity contribution in [2.75, 3.05) is 13.2 Å². The summed E-state index contributed by atoms with van der Waals surface area (Å²) < 4.78 is 7.54. The van der Waals surface area contributed by atoms with Crippen LogP contribution in [-0.2, 0) is 11.8 Å². The minimum Gasteiger partial charge on any atom is -0.378 e. The Labute approximate surface area is 126 Å². The van der Waals surface area contributed by atoms with Crippen LogP contribution in [-0.4, -0.2) is 29.0 Å². The molecule has 5 heteroatoms. The minimum atomic E-state index is 0.294. The zero-order valence-corrected chi connectivity index (χ0v) is 13.5. The van der Waals surface area contributed by atoms with E-state index in [4.69, 9.17) is 16.3 Å². The standard InChI is InChI=1S/C15H26ClN3O/c1-4-6-17-14(15-13(16)10-18-19(15)3)9-11-7-12(8-11)20-5-2/h10-12,14,17H,4-9H2,1-3H3. The van der Waals surface area contributed by atoms with Crippen molar-refractivity contribution in [3.05, 3.63) is 16.9 Å². The van der Waals surface area contributed by atoms with Gasteiger partial charge in [-0.05, 0) is 45.1 Å². The predicted molar refractivity (Wildman–Crippen MR) is 82.0 cm³/mol. The maximum Gasteiger partial charge on any atom is 0.0834 e. The average molecular weight is 300 g/mol. The molecule has 1 aliphatic rings. The van der Waals surface area contributed by atoms with Crippen molar-refractivity contribution >= 4 is 11.6 Å². The summed E-state index contributed by atoms with van der Waals surface area (Å²) in [5, 5.41) is 8.64. The zero-order valence-electron chi connectivity index (χ0n) is 12.7. The molecule has 0 bridgehead atoms. The van der Waals surface area contributed by atoms with Gasteiger partial charge in [0.15, 0.2) is 0 Å². The second-order valence-corrected chi connectivity index (χ2v) is 6.07. The van der Waals surface area contributed by atoms with Crippen molar-refractivity contribution in [2.24, 2.45) is 13.0 Å². The van der Waals surface area contributed by atoms with Crippen LogP contribution in [0.2, 0.25) is 5.02 Å². The fourth-order valence-electron chi connectivity index (χ4n) is 2.99. The summed E-state index contributed by atoms with van der Waals surface area (Å²) in [7, 11) is 1.96. The molecule has 20 heavy (non-hydrogen) atoms. The first kappa shape index (κ1) is 15.8. The van der Waals surface area contributed by atoms with Crippen LogP contribution >= 0.6 is 11.6 Å². The third kappa shape index (κ3) is 3.74. The second-order valence-electron chi connectivity index (χ2n) is 5.66. The number of rotatable bonds is 8. The Morgan fingerprint density at radius 2 is 2.25 bits per heavy atom. The Balaban J connectivity index is 1.95. The van der Waals surface area contributed by atoms with Crippen LogP contribution in [0.3, 0.4) is 0 Å². The second kappa shape index (κ2) is 7.43. The van der Waals surface area contributed by atoms with E-state index in [1.54, 1.807) is 6.20 Å². The summed E-state index contributed by atoms with van der Waals surface area (Å²) in [4.78, 5) is 0. The van der Waals surface area contributed by atoms with E-state index in [1.807, 2.05) is 11.7 Å². The van der Waals surface area contributed by atoms with Crippen LogP contribution in [0.1, 0.15) is 51.3 Å². The normalized spacial score (nSPS) is 23.6. The highest BCUT2D eigenvalue weighted by Crippen LogP contribution is 2.38. The fourth-order valence-corrected chi connectivity index (χ4v) is 3.29. The monoisotopic (exact) mass is 299 g/mol. The smallest absolute Gasteiger partial charge is 0.0834 e. The van der Waals surface area contributed by atoms with Crippen molar-refractivity contribution in [3.8, 4) is 0 Å². The molecule has 1 fully saturated rings. The Hall–Kier alpha value is -0.580. The molecule has 1 heterocycles. The van der Waals surface area contributed by atoms with E-state index in [1.165, 1.54) is 12.8 Å². The summed E-state index contributed by atoms with van der Waals surface area (Å²) in [5.74, 6) is 0.729. The quantitative estimate of drug-likeness (QED) is 0.800. The summed E-state index contributed by atoms with van der Waals surface area (Å²) in [6.45, 7) is 6.08. The topological polar surface area (TPSA) is 39.1 Å². The average Bonchev–Trinajstić information content (AvgIpc) is 2.71. The van der Waals surface area contributed by atoms with E-state index in [-0.39, 0.29) is 0 Å². The molecule has 1 atom stereocenters. The molecule has 1 aromatic rings. The van der Waals surface area contributed by atoms with Crippen LogP contribution in [0.25, 0.3) is 0 Å². The molecule has 4 nitrogen and oxygen atoms in total. The molecule has 114 valence electrons. The molecular formula is C15H26ClN3O. The molecular weight excluding hydrogens is 274 g/mol. The number of nitrogens with zero attached hydrogens (tertiary/aromatic N) is 2. The number of nitrogens with one attached hydrogen (secondary N) is 1. The summed E-state index contributed by atoms with van der Waals surface area (Å²) in [6.07, 6.45) is 6.79. The third-order valence-corrected chi connectivity index (χ3v) is 4.36. The van der Waals surface area contributed by atoms with Gasteiger partial charge < -0.3 is 10.1 Å². The third-order valence-electron chi connectivity index (χ3n) is 4.07. The van der Waals surface area contributed by atoms with Crippen LogP contribution in [0, 0.1) is 5.92 Å². The number of halogens is 1. The first-order valence-corrected chi connectivity index (χ1v) is 8.05. The SMILES string of the molecule is CCCNC(CC1CC(OCC)C1)c1c(Cl)cnn1C. The maximum atomic E-state index is 6.29. The van der Waals surface area contributed by atoms with Crippen molar-refractivity contribution in [1.82, 2.24) is 15.1 Å². The van der Waals surface area contributed by atoms with Gasteiger partial charge in [0.05, 0.1) is 29.1 Å². The van der Waals surface area contributed by atoms with Gasteiger partial charge in [-0.15, -0.1) is 0 Å². The summed E-state index contributed by atoms with van der Waals surface area (Å²) in [5.41, 5.74) is 1.11. The van der Waals surface area contributed by atoms with Crippen LogP contribution in [0.5, 0.6) is 0 Å². The fraction of sp³-hybridized carbons (Fsp3) is 0.800. The van der Waals surface area contributed by atoms with E-state index in [0.717, 1.165) is 42.6 Å². The van der Waals surface area contributed by atoms with Gasteiger partial charge in [-0.3, -0.25) is 4.68 Å². The highest BCUT2D eigenvalue weighted by atomic mass is 35.5. The number of aromatic nitrogens is 2. The van der Waals surface area contributed by atoms with E-state index in [9.17, 15) is 0 Å². The first-order chi connectivity index (χ1) is 9.65. The Kier molecular flexibility index (Phi) is 5.87. The molecule has 1 aromatic heterocycles. The van der Waals surface area contributed by atoms with Crippen LogP contribution in [0.4, 0.5) is 0 Å². The predicted octanol–water partition coefficient (Wildman–Crippen LogP) is 3.32. The molecule has 0 radical (unpaired) electrons. The van der Waals surface area contributed by atoms with Gasteiger partial charge in [-0.1, -0.05) is 18.5 Å². The zero-order chi connectivity index (χ0) is 14.5. The van der Waals surface area contributed by atoms with Crippen molar-refractivity contribution < 1.29 is 4.74 Å². The van der Waals surface area contributed by atoms with Gasteiger partial charge in [-0.2, -0.15) is 5.10 Å². The van der Waals surface area contributed by atoms with Crippen molar-refractivity contribution in [1.29, 1.82) is 0 Å². The number of hydrogen-bond donors (Lipinski definition) is 1. The van der Waals surface area contributed by atoms with E-state index < -0.39 is 0 Å². The molecule has 0 spiro atoms. The Morgan fingerprint density at radius 1 is 1.50 bits per heavy atom. The molecule has 0 saturated heterocycles. The van der Waals surface area contributed by atoms with Gasteiger partial charge in [0.1, 0.15) is 0 Å². The van der Waals surface area contributed by atoms with Crippen molar-refractivity contribution in [2.45, 2.75) is 51.7 Å². The molecule has 1 N–H and O–H groups in total. The van der Waals surface area contributed by atoms with E-state index >= 15 is 0 Å². The highest BCUT2D eigenvalue weighted by molar-refractivity contribution is 6.31. The van der Waals surface area contributed by atoms with Crippen LogP contribution < -0.4 is 5.32 Å². The Bertz CT molecular complexity index is 396. The van der Waals surface area contributed by atoms with Gasteiger partial charge >= 0.3 is 0 Å². The largest absolute Gasteiger partial charge is 0.378 e. The molecule has 0 amide bonds. The van der Waals surface area contributed by atoms with Gasteiger partial charge in [-0.25, -0.2) is 0 Å². The molecule has 1 saturated carbocycles. The van der Waals surface area contributed by atoms with Gasteiger partial charge in [0.25, 0.3) is 0 Å². The van der Waals surface area contributed by atoms with Gasteiger partial charge in [0.2, 0.25) is 0 Å². The maximum absolute atomic E-state index is 6.29. The summed E-state index contributed by atoms with van der Waals surface area (Å²) >= 11 is 6.29. The lowest BCUT2D eigenvalue weighted by molar-refractivity contribution is -0.0293.